The van der Waals surface area contributed by atoms with E-state index in [4.69, 9.17) is 0 Å². The minimum atomic E-state index is 0.215. The molecule has 1 nitrogen and oxygen atoms in total. The van der Waals surface area contributed by atoms with E-state index < -0.39 is 0 Å². The number of hydrogen-bond acceptors (Lipinski definition) is 2. The summed E-state index contributed by atoms with van der Waals surface area (Å²) in [6.07, 6.45) is 7.18. The standard InChI is InChI=1S/C52H41NS/c1-2-8-35(9-3-1)36-14-19-41(20-15-36)53(43-23-25-51-47(32-43)45-11-5-7-13-50(45)54-51)42-21-16-37(17-22-42)38-18-24-49-46(31-38)44-10-4-6-12-48(44)52(49)39-27-33-26-34(29-39)30-40(52)28-33/h1-25,31-34,39-40H,26-30H2. The summed E-state index contributed by atoms with van der Waals surface area (Å²) in [4.78, 5) is 2.42. The van der Waals surface area contributed by atoms with Crippen LogP contribution < -0.4 is 4.90 Å². The Morgan fingerprint density at radius 3 is 1.70 bits per heavy atom. The molecule has 54 heavy (non-hydrogen) atoms. The fourth-order valence-corrected chi connectivity index (χ4v) is 13.0. The molecule has 1 heterocycles. The van der Waals surface area contributed by atoms with Gasteiger partial charge in [-0.15, -0.1) is 11.3 Å². The maximum atomic E-state index is 2.54. The van der Waals surface area contributed by atoms with Gasteiger partial charge in [-0.25, -0.2) is 0 Å². The van der Waals surface area contributed by atoms with Crippen LogP contribution in [0.25, 0.3) is 53.6 Å². The summed E-state index contributed by atoms with van der Waals surface area (Å²) in [6, 6.07) is 61.7. The molecule has 0 radical (unpaired) electrons. The van der Waals surface area contributed by atoms with Crippen molar-refractivity contribution in [3.05, 3.63) is 175 Å². The van der Waals surface area contributed by atoms with Crippen molar-refractivity contribution in [2.75, 3.05) is 4.90 Å². The third kappa shape index (κ3) is 4.50. The summed E-state index contributed by atoms with van der Waals surface area (Å²) in [6.45, 7) is 0. The summed E-state index contributed by atoms with van der Waals surface area (Å²) >= 11 is 1.87. The normalized spacial score (nSPS) is 23.3. The van der Waals surface area contributed by atoms with Gasteiger partial charge in [0.2, 0.25) is 0 Å². The second kappa shape index (κ2) is 11.8. The van der Waals surface area contributed by atoms with Crippen LogP contribution in [0.4, 0.5) is 17.1 Å². The predicted octanol–water partition coefficient (Wildman–Crippen LogP) is 14.6. The SMILES string of the molecule is c1ccc(-c2ccc(N(c3ccc(-c4ccc5c(c4)-c4ccccc4C54C5CC6CC(C5)CC4C6)cc3)c3ccc4sc5ccccc5c4c3)cc2)cc1. The second-order valence-electron chi connectivity index (χ2n) is 16.6. The van der Waals surface area contributed by atoms with Crippen LogP contribution in [0, 0.1) is 23.7 Å². The van der Waals surface area contributed by atoms with Crippen molar-refractivity contribution in [1.82, 2.24) is 0 Å². The molecule has 260 valence electrons. The number of hydrogen-bond donors (Lipinski definition) is 0. The first-order valence-corrected chi connectivity index (χ1v) is 20.7. The molecule has 0 atom stereocenters. The van der Waals surface area contributed by atoms with Gasteiger partial charge in [0.1, 0.15) is 0 Å². The summed E-state index contributed by atoms with van der Waals surface area (Å²) in [5.41, 5.74) is 14.9. The Balaban J connectivity index is 0.946. The highest BCUT2D eigenvalue weighted by molar-refractivity contribution is 7.25. The lowest BCUT2D eigenvalue weighted by molar-refractivity contribution is -0.0399. The number of rotatable bonds is 5. The first-order chi connectivity index (χ1) is 26.7. The second-order valence-corrected chi connectivity index (χ2v) is 17.6. The molecule has 0 unspecified atom stereocenters. The molecule has 7 aromatic carbocycles. The van der Waals surface area contributed by atoms with Crippen molar-refractivity contribution in [3.8, 4) is 33.4 Å². The van der Waals surface area contributed by atoms with Gasteiger partial charge < -0.3 is 4.90 Å². The van der Waals surface area contributed by atoms with Crippen molar-refractivity contribution in [1.29, 1.82) is 0 Å². The zero-order chi connectivity index (χ0) is 35.4. The van der Waals surface area contributed by atoms with Crippen molar-refractivity contribution in [3.63, 3.8) is 0 Å². The van der Waals surface area contributed by atoms with Crippen molar-refractivity contribution >= 4 is 48.6 Å². The Kier molecular flexibility index (Phi) is 6.75. The van der Waals surface area contributed by atoms with Gasteiger partial charge in [0.05, 0.1) is 0 Å². The van der Waals surface area contributed by atoms with Crippen LogP contribution in [0.3, 0.4) is 0 Å². The van der Waals surface area contributed by atoms with Gasteiger partial charge in [-0.2, -0.15) is 0 Å². The fourth-order valence-electron chi connectivity index (χ4n) is 11.9. The third-order valence-corrected chi connectivity index (χ3v) is 15.0. The van der Waals surface area contributed by atoms with Gasteiger partial charge in [-0.3, -0.25) is 0 Å². The Morgan fingerprint density at radius 2 is 0.963 bits per heavy atom. The average Bonchev–Trinajstić information content (AvgIpc) is 3.74. The highest BCUT2D eigenvalue weighted by Crippen LogP contribution is 2.69. The fraction of sp³-hybridized carbons (Fsp3) is 0.192. The molecule has 1 aromatic heterocycles. The zero-order valence-electron chi connectivity index (χ0n) is 30.3. The molecule has 5 aliphatic rings. The van der Waals surface area contributed by atoms with E-state index in [1.807, 2.05) is 11.3 Å². The van der Waals surface area contributed by atoms with E-state index in [-0.39, 0.29) is 5.41 Å². The highest BCUT2D eigenvalue weighted by Gasteiger charge is 2.61. The Labute approximate surface area is 321 Å². The molecule has 2 heteroatoms. The molecular weight excluding hydrogens is 671 g/mol. The molecule has 4 bridgehead atoms. The maximum absolute atomic E-state index is 2.54. The Morgan fingerprint density at radius 1 is 0.407 bits per heavy atom. The number of anilines is 3. The Hall–Kier alpha value is -5.44. The van der Waals surface area contributed by atoms with Gasteiger partial charge >= 0.3 is 0 Å². The zero-order valence-corrected chi connectivity index (χ0v) is 31.1. The lowest BCUT2D eigenvalue weighted by Gasteiger charge is -2.61. The lowest BCUT2D eigenvalue weighted by atomic mass is 9.43. The minimum Gasteiger partial charge on any atom is -0.310 e. The third-order valence-electron chi connectivity index (χ3n) is 13.9. The number of benzene rings is 7. The van der Waals surface area contributed by atoms with Gasteiger partial charge in [0.15, 0.2) is 0 Å². The molecule has 8 aromatic rings. The predicted molar refractivity (Wildman–Crippen MR) is 228 cm³/mol. The van der Waals surface area contributed by atoms with Crippen LogP contribution >= 0.6 is 11.3 Å². The first kappa shape index (κ1) is 31.0. The van der Waals surface area contributed by atoms with E-state index in [0.29, 0.717) is 0 Å². The van der Waals surface area contributed by atoms with Crippen LogP contribution in [0.15, 0.2) is 164 Å². The van der Waals surface area contributed by atoms with Crippen LogP contribution in [-0.2, 0) is 5.41 Å². The smallest absolute Gasteiger partial charge is 0.0468 e. The van der Waals surface area contributed by atoms with Gasteiger partial charge in [-0.1, -0.05) is 109 Å². The van der Waals surface area contributed by atoms with Crippen LogP contribution in [-0.4, -0.2) is 0 Å². The molecule has 0 N–H and O–H groups in total. The number of fused-ring (bicyclic) bond motifs is 6. The lowest BCUT2D eigenvalue weighted by Crippen LogP contribution is -2.55. The van der Waals surface area contributed by atoms with E-state index >= 15 is 0 Å². The van der Waals surface area contributed by atoms with Crippen LogP contribution in [0.5, 0.6) is 0 Å². The average molecular weight is 712 g/mol. The minimum absolute atomic E-state index is 0.215. The molecule has 5 aliphatic carbocycles. The molecule has 4 fully saturated rings. The van der Waals surface area contributed by atoms with Gasteiger partial charge in [0.25, 0.3) is 0 Å². The Bertz CT molecular complexity index is 2690. The van der Waals surface area contributed by atoms with E-state index in [1.54, 1.807) is 11.1 Å². The summed E-state index contributed by atoms with van der Waals surface area (Å²) in [5.74, 6) is 3.50. The molecule has 0 amide bonds. The quantitative estimate of drug-likeness (QED) is 0.172. The van der Waals surface area contributed by atoms with E-state index in [9.17, 15) is 0 Å². The topological polar surface area (TPSA) is 3.24 Å². The maximum Gasteiger partial charge on any atom is 0.0468 e. The molecule has 0 aliphatic heterocycles. The molecular formula is C52H41NS. The van der Waals surface area contributed by atoms with Crippen molar-refractivity contribution in [2.24, 2.45) is 23.7 Å². The van der Waals surface area contributed by atoms with Crippen LogP contribution in [0.1, 0.15) is 43.2 Å². The molecule has 13 rings (SSSR count). The van der Waals surface area contributed by atoms with Crippen molar-refractivity contribution in [2.45, 2.75) is 37.5 Å². The molecule has 1 spiro atoms. The highest BCUT2D eigenvalue weighted by atomic mass is 32.1. The van der Waals surface area contributed by atoms with Crippen molar-refractivity contribution < 1.29 is 0 Å². The molecule has 0 saturated heterocycles. The van der Waals surface area contributed by atoms with Gasteiger partial charge in [0, 0.05) is 42.6 Å². The largest absolute Gasteiger partial charge is 0.310 e. The number of thiophene rings is 1. The summed E-state index contributed by atoms with van der Waals surface area (Å²) in [5, 5.41) is 2.63. The van der Waals surface area contributed by atoms with E-state index in [0.717, 1.165) is 35.0 Å². The number of nitrogens with zero attached hydrogens (tertiary/aromatic N) is 1. The first-order valence-electron chi connectivity index (χ1n) is 19.9. The van der Waals surface area contributed by atoms with E-state index in [2.05, 4.69) is 169 Å². The van der Waals surface area contributed by atoms with Crippen LogP contribution in [0.2, 0.25) is 0 Å². The molecule has 4 saturated carbocycles. The van der Waals surface area contributed by atoms with E-state index in [1.165, 1.54) is 91.3 Å². The van der Waals surface area contributed by atoms with Gasteiger partial charge in [-0.05, 0) is 155 Å². The monoisotopic (exact) mass is 711 g/mol. The summed E-state index contributed by atoms with van der Waals surface area (Å²) in [7, 11) is 0. The summed E-state index contributed by atoms with van der Waals surface area (Å²) < 4.78 is 2.65.